The van der Waals surface area contributed by atoms with Crippen LogP contribution < -0.4 is 5.32 Å². The predicted molar refractivity (Wildman–Crippen MR) is 72.0 cm³/mol. The van der Waals surface area contributed by atoms with Crippen LogP contribution in [0.4, 0.5) is 0 Å². The van der Waals surface area contributed by atoms with E-state index in [0.29, 0.717) is 12.6 Å². The zero-order chi connectivity index (χ0) is 12.3. The normalized spacial score (nSPS) is 35.6. The Morgan fingerprint density at radius 2 is 1.71 bits per heavy atom. The molecule has 0 amide bonds. The highest BCUT2D eigenvalue weighted by Crippen LogP contribution is 2.42. The number of hydrogen-bond donors (Lipinski definition) is 2. The lowest BCUT2D eigenvalue weighted by Gasteiger charge is -2.51. The third kappa shape index (κ3) is 3.23. The van der Waals surface area contributed by atoms with Gasteiger partial charge in [-0.1, -0.05) is 39.5 Å². The van der Waals surface area contributed by atoms with Gasteiger partial charge in [0.1, 0.15) is 0 Å². The number of rotatable bonds is 4. The first-order chi connectivity index (χ1) is 8.15. The van der Waals surface area contributed by atoms with Crippen LogP contribution in [-0.2, 0) is 0 Å². The number of nitrogens with one attached hydrogen (secondary N) is 1. The lowest BCUT2D eigenvalue weighted by Crippen LogP contribution is -2.61. The molecule has 0 radical (unpaired) electrons. The van der Waals surface area contributed by atoms with E-state index < -0.39 is 0 Å². The fourth-order valence-corrected chi connectivity index (χ4v) is 3.56. The molecule has 2 aliphatic rings. The average Bonchev–Trinajstić information content (AvgIpc) is 2.50. The van der Waals surface area contributed by atoms with E-state index in [1.807, 2.05) is 0 Å². The van der Waals surface area contributed by atoms with Crippen molar-refractivity contribution in [1.82, 2.24) is 5.32 Å². The minimum atomic E-state index is 0.0734. The standard InChI is InChI=1S/C15H29NO/c1-12(2)13-9-15(10-13,11-17)16-14-7-5-3-4-6-8-14/h12-14,16-17H,3-11H2,1-2H3. The molecule has 0 aliphatic heterocycles. The van der Waals surface area contributed by atoms with Crippen molar-refractivity contribution in [3.05, 3.63) is 0 Å². The third-order valence-corrected chi connectivity index (χ3v) is 4.92. The van der Waals surface area contributed by atoms with Gasteiger partial charge in [-0.15, -0.1) is 0 Å². The number of aliphatic hydroxyl groups is 1. The molecule has 2 N–H and O–H groups in total. The molecule has 2 heteroatoms. The van der Waals surface area contributed by atoms with Crippen LogP contribution >= 0.6 is 0 Å². The van der Waals surface area contributed by atoms with Crippen molar-refractivity contribution in [1.29, 1.82) is 0 Å². The Labute approximate surface area is 106 Å². The Morgan fingerprint density at radius 1 is 1.12 bits per heavy atom. The van der Waals surface area contributed by atoms with E-state index in [2.05, 4.69) is 19.2 Å². The van der Waals surface area contributed by atoms with Crippen molar-refractivity contribution in [3.8, 4) is 0 Å². The fourth-order valence-electron chi connectivity index (χ4n) is 3.56. The molecule has 2 nitrogen and oxygen atoms in total. The molecule has 0 aromatic carbocycles. The van der Waals surface area contributed by atoms with E-state index in [-0.39, 0.29) is 5.54 Å². The van der Waals surface area contributed by atoms with E-state index in [1.165, 1.54) is 51.4 Å². The molecule has 0 atom stereocenters. The SMILES string of the molecule is CC(C)C1CC(CO)(NC2CCCCCC2)C1. The van der Waals surface area contributed by atoms with Gasteiger partial charge in [0.25, 0.3) is 0 Å². The minimum Gasteiger partial charge on any atom is -0.394 e. The maximum Gasteiger partial charge on any atom is 0.0613 e. The van der Waals surface area contributed by atoms with Crippen molar-refractivity contribution in [2.24, 2.45) is 11.8 Å². The van der Waals surface area contributed by atoms with Gasteiger partial charge in [-0.05, 0) is 37.5 Å². The van der Waals surface area contributed by atoms with E-state index >= 15 is 0 Å². The Kier molecular flexibility index (Phi) is 4.48. The van der Waals surface area contributed by atoms with Gasteiger partial charge in [0.15, 0.2) is 0 Å². The van der Waals surface area contributed by atoms with Crippen LogP contribution in [0.5, 0.6) is 0 Å². The van der Waals surface area contributed by atoms with Gasteiger partial charge < -0.3 is 10.4 Å². The molecule has 0 unspecified atom stereocenters. The van der Waals surface area contributed by atoms with Crippen LogP contribution in [0.3, 0.4) is 0 Å². The molecular formula is C15H29NO. The highest BCUT2D eigenvalue weighted by Gasteiger charge is 2.45. The summed E-state index contributed by atoms with van der Waals surface area (Å²) in [5.74, 6) is 1.59. The highest BCUT2D eigenvalue weighted by atomic mass is 16.3. The molecule has 2 saturated carbocycles. The van der Waals surface area contributed by atoms with Crippen LogP contribution in [-0.4, -0.2) is 23.3 Å². The topological polar surface area (TPSA) is 32.3 Å². The summed E-state index contributed by atoms with van der Waals surface area (Å²) in [6, 6.07) is 0.665. The molecule has 2 rings (SSSR count). The van der Waals surface area contributed by atoms with E-state index in [1.54, 1.807) is 0 Å². The first kappa shape index (κ1) is 13.4. The first-order valence-corrected chi connectivity index (χ1v) is 7.54. The second kappa shape index (κ2) is 5.71. The van der Waals surface area contributed by atoms with E-state index in [0.717, 1.165) is 11.8 Å². The van der Waals surface area contributed by atoms with Crippen LogP contribution in [0.1, 0.15) is 65.2 Å². The lowest BCUT2D eigenvalue weighted by atomic mass is 9.64. The monoisotopic (exact) mass is 239 g/mol. The van der Waals surface area contributed by atoms with Crippen LogP contribution in [0.25, 0.3) is 0 Å². The fraction of sp³-hybridized carbons (Fsp3) is 1.00. The van der Waals surface area contributed by atoms with Gasteiger partial charge in [0.2, 0.25) is 0 Å². The van der Waals surface area contributed by atoms with Crippen molar-refractivity contribution in [3.63, 3.8) is 0 Å². The van der Waals surface area contributed by atoms with Gasteiger partial charge in [-0.2, -0.15) is 0 Å². The smallest absolute Gasteiger partial charge is 0.0613 e. The molecule has 2 aliphatic carbocycles. The second-order valence-electron chi connectivity index (χ2n) is 6.68. The molecule has 2 fully saturated rings. The van der Waals surface area contributed by atoms with Crippen molar-refractivity contribution < 1.29 is 5.11 Å². The molecule has 17 heavy (non-hydrogen) atoms. The summed E-state index contributed by atoms with van der Waals surface area (Å²) in [7, 11) is 0. The Bertz CT molecular complexity index is 225. The summed E-state index contributed by atoms with van der Waals surface area (Å²) < 4.78 is 0. The van der Waals surface area contributed by atoms with Gasteiger partial charge in [-0.3, -0.25) is 0 Å². The van der Waals surface area contributed by atoms with Gasteiger partial charge >= 0.3 is 0 Å². The Morgan fingerprint density at radius 3 is 2.18 bits per heavy atom. The second-order valence-corrected chi connectivity index (χ2v) is 6.68. The third-order valence-electron chi connectivity index (χ3n) is 4.92. The average molecular weight is 239 g/mol. The Hall–Kier alpha value is -0.0800. The summed E-state index contributed by atoms with van der Waals surface area (Å²) in [6.45, 7) is 4.93. The molecular weight excluding hydrogens is 210 g/mol. The molecule has 0 aromatic heterocycles. The van der Waals surface area contributed by atoms with E-state index in [9.17, 15) is 5.11 Å². The largest absolute Gasteiger partial charge is 0.394 e. The zero-order valence-corrected chi connectivity index (χ0v) is 11.5. The van der Waals surface area contributed by atoms with Crippen molar-refractivity contribution >= 4 is 0 Å². The summed E-state index contributed by atoms with van der Waals surface area (Å²) in [5.41, 5.74) is 0.0734. The first-order valence-electron chi connectivity index (χ1n) is 7.54. The Balaban J connectivity index is 1.83. The predicted octanol–water partition coefficient (Wildman–Crippen LogP) is 3.10. The molecule has 100 valence electrons. The number of hydrogen-bond acceptors (Lipinski definition) is 2. The van der Waals surface area contributed by atoms with Gasteiger partial charge in [-0.25, -0.2) is 0 Å². The summed E-state index contributed by atoms with van der Waals surface area (Å²) in [6.07, 6.45) is 10.5. The quantitative estimate of drug-likeness (QED) is 0.739. The molecule has 0 saturated heterocycles. The van der Waals surface area contributed by atoms with Crippen molar-refractivity contribution in [2.75, 3.05) is 6.61 Å². The number of aliphatic hydroxyl groups excluding tert-OH is 1. The molecule has 0 heterocycles. The molecule has 0 aromatic rings. The summed E-state index contributed by atoms with van der Waals surface area (Å²) >= 11 is 0. The van der Waals surface area contributed by atoms with Crippen LogP contribution in [0, 0.1) is 11.8 Å². The molecule has 0 bridgehead atoms. The van der Waals surface area contributed by atoms with Crippen molar-refractivity contribution in [2.45, 2.75) is 76.8 Å². The van der Waals surface area contributed by atoms with Gasteiger partial charge in [0, 0.05) is 11.6 Å². The summed E-state index contributed by atoms with van der Waals surface area (Å²) in [5, 5.41) is 13.5. The maximum atomic E-state index is 9.67. The van der Waals surface area contributed by atoms with Gasteiger partial charge in [0.05, 0.1) is 6.61 Å². The lowest BCUT2D eigenvalue weighted by molar-refractivity contribution is 0.00865. The maximum absolute atomic E-state index is 9.67. The van der Waals surface area contributed by atoms with E-state index in [4.69, 9.17) is 0 Å². The summed E-state index contributed by atoms with van der Waals surface area (Å²) in [4.78, 5) is 0. The zero-order valence-electron chi connectivity index (χ0n) is 11.5. The minimum absolute atomic E-state index is 0.0734. The molecule has 0 spiro atoms. The van der Waals surface area contributed by atoms with Crippen LogP contribution in [0.15, 0.2) is 0 Å². The van der Waals surface area contributed by atoms with Crippen LogP contribution in [0.2, 0.25) is 0 Å². The highest BCUT2D eigenvalue weighted by molar-refractivity contribution is 5.03.